The van der Waals surface area contributed by atoms with E-state index in [0.29, 0.717) is 13.1 Å². The zero-order valence-corrected chi connectivity index (χ0v) is 9.92. The zero-order valence-electron chi connectivity index (χ0n) is 9.92. The lowest BCUT2D eigenvalue weighted by Gasteiger charge is -2.07. The van der Waals surface area contributed by atoms with E-state index >= 15 is 0 Å². The van der Waals surface area contributed by atoms with E-state index in [2.05, 4.69) is 15.6 Å². The maximum Gasteiger partial charge on any atom is 0.250 e. The molecule has 0 aliphatic carbocycles. The third-order valence-corrected chi connectivity index (χ3v) is 2.45. The maximum absolute atomic E-state index is 11.4. The van der Waals surface area contributed by atoms with Gasteiger partial charge in [-0.25, -0.2) is 0 Å². The number of nitrogens with zero attached hydrogens (tertiary/aromatic N) is 4. The molecule has 6 heteroatoms. The Kier molecular flexibility index (Phi) is 3.22. The van der Waals surface area contributed by atoms with Gasteiger partial charge in [0.05, 0.1) is 12.2 Å². The summed E-state index contributed by atoms with van der Waals surface area (Å²) < 4.78 is 3.31. The Bertz CT molecular complexity index is 557. The van der Waals surface area contributed by atoms with Gasteiger partial charge < -0.3 is 9.88 Å². The molecule has 0 spiro atoms. The predicted molar refractivity (Wildman–Crippen MR) is 64.7 cm³/mol. The highest BCUT2D eigenvalue weighted by Crippen LogP contribution is 2.05. The van der Waals surface area contributed by atoms with Crippen LogP contribution in [0.1, 0.15) is 12.6 Å². The first-order chi connectivity index (χ1) is 8.19. The summed E-state index contributed by atoms with van der Waals surface area (Å²) in [5.74, 6) is 0. The minimum Gasteiger partial charge on any atom is -0.378 e. The van der Waals surface area contributed by atoms with Gasteiger partial charge in [-0.3, -0.25) is 9.48 Å². The molecule has 0 unspecified atom stereocenters. The Morgan fingerprint density at radius 2 is 2.18 bits per heavy atom. The summed E-state index contributed by atoms with van der Waals surface area (Å²) in [5, 5.41) is 11.0. The van der Waals surface area contributed by atoms with Gasteiger partial charge in [0.2, 0.25) is 0 Å². The molecule has 2 heterocycles. The van der Waals surface area contributed by atoms with Crippen LogP contribution in [0.15, 0.2) is 29.3 Å². The van der Waals surface area contributed by atoms with Crippen LogP contribution in [0.5, 0.6) is 0 Å². The molecular formula is C11H15N5O. The molecule has 0 fully saturated rings. The van der Waals surface area contributed by atoms with Gasteiger partial charge in [-0.1, -0.05) is 5.21 Å². The molecule has 0 aromatic carbocycles. The first kappa shape index (κ1) is 11.4. The summed E-state index contributed by atoms with van der Waals surface area (Å²) in [6.45, 7) is 3.20. The second-order valence-corrected chi connectivity index (χ2v) is 3.78. The topological polar surface area (TPSA) is 64.7 Å². The van der Waals surface area contributed by atoms with Crippen LogP contribution < -0.4 is 10.9 Å². The molecule has 0 aliphatic rings. The second-order valence-electron chi connectivity index (χ2n) is 3.78. The van der Waals surface area contributed by atoms with Crippen LogP contribution in [0.4, 0.5) is 5.69 Å². The smallest absolute Gasteiger partial charge is 0.250 e. The van der Waals surface area contributed by atoms with E-state index in [1.165, 1.54) is 0 Å². The molecule has 90 valence electrons. The largest absolute Gasteiger partial charge is 0.378 e. The van der Waals surface area contributed by atoms with Crippen molar-refractivity contribution in [3.05, 3.63) is 40.6 Å². The molecule has 1 N–H and O–H groups in total. The van der Waals surface area contributed by atoms with Gasteiger partial charge in [-0.2, -0.15) is 0 Å². The second kappa shape index (κ2) is 4.82. The van der Waals surface area contributed by atoms with Crippen molar-refractivity contribution < 1.29 is 0 Å². The van der Waals surface area contributed by atoms with Crippen LogP contribution >= 0.6 is 0 Å². The van der Waals surface area contributed by atoms with Crippen molar-refractivity contribution in [3.63, 3.8) is 0 Å². The molecule has 0 aliphatic heterocycles. The van der Waals surface area contributed by atoms with Crippen molar-refractivity contribution in [2.45, 2.75) is 20.0 Å². The lowest BCUT2D eigenvalue weighted by molar-refractivity contribution is 0.713. The van der Waals surface area contributed by atoms with E-state index in [9.17, 15) is 4.79 Å². The third kappa shape index (κ3) is 2.72. The molecule has 0 amide bonds. The fraction of sp³-hybridized carbons (Fsp3) is 0.364. The average Bonchev–Trinajstić information content (AvgIpc) is 2.74. The number of anilines is 1. The van der Waals surface area contributed by atoms with E-state index in [-0.39, 0.29) is 5.56 Å². The SMILES string of the molecule is CCn1cc(NCc2cn(C)nn2)ccc1=O. The van der Waals surface area contributed by atoms with Crippen LogP contribution in [-0.2, 0) is 20.1 Å². The van der Waals surface area contributed by atoms with E-state index in [1.807, 2.05) is 20.2 Å². The van der Waals surface area contributed by atoms with Crippen molar-refractivity contribution in [1.29, 1.82) is 0 Å². The molecule has 0 saturated heterocycles. The summed E-state index contributed by atoms with van der Waals surface area (Å²) in [6.07, 6.45) is 3.65. The number of aryl methyl sites for hydroxylation is 2. The van der Waals surface area contributed by atoms with Gasteiger partial charge in [-0.15, -0.1) is 5.10 Å². The zero-order chi connectivity index (χ0) is 12.3. The molecule has 0 atom stereocenters. The van der Waals surface area contributed by atoms with Crippen LogP contribution in [0.3, 0.4) is 0 Å². The first-order valence-corrected chi connectivity index (χ1v) is 5.48. The van der Waals surface area contributed by atoms with Gasteiger partial charge in [0.1, 0.15) is 5.69 Å². The van der Waals surface area contributed by atoms with Crippen molar-refractivity contribution in [2.75, 3.05) is 5.32 Å². The summed E-state index contributed by atoms with van der Waals surface area (Å²) in [6, 6.07) is 3.33. The van der Waals surface area contributed by atoms with Crippen molar-refractivity contribution in [1.82, 2.24) is 19.6 Å². The predicted octanol–water partition coefficient (Wildman–Crippen LogP) is 0.609. The quantitative estimate of drug-likeness (QED) is 0.840. The number of hydrogen-bond acceptors (Lipinski definition) is 4. The van der Waals surface area contributed by atoms with E-state index in [1.54, 1.807) is 27.6 Å². The lowest BCUT2D eigenvalue weighted by Crippen LogP contribution is -2.17. The van der Waals surface area contributed by atoms with Gasteiger partial charge in [-0.05, 0) is 13.0 Å². The Hall–Kier alpha value is -2.11. The molecule has 17 heavy (non-hydrogen) atoms. The van der Waals surface area contributed by atoms with Gasteiger partial charge >= 0.3 is 0 Å². The molecule has 6 nitrogen and oxygen atoms in total. The van der Waals surface area contributed by atoms with Crippen molar-refractivity contribution in [2.24, 2.45) is 7.05 Å². The van der Waals surface area contributed by atoms with E-state index < -0.39 is 0 Å². The molecule has 0 saturated carbocycles. The van der Waals surface area contributed by atoms with Gasteiger partial charge in [0.25, 0.3) is 5.56 Å². The molecule has 2 aromatic heterocycles. The highest BCUT2D eigenvalue weighted by atomic mass is 16.1. The number of aromatic nitrogens is 4. The Labute approximate surface area is 98.9 Å². The first-order valence-electron chi connectivity index (χ1n) is 5.48. The maximum atomic E-state index is 11.4. The van der Waals surface area contributed by atoms with Gasteiger partial charge in [0.15, 0.2) is 0 Å². The summed E-state index contributed by atoms with van der Waals surface area (Å²) in [5.41, 5.74) is 1.77. The van der Waals surface area contributed by atoms with Crippen LogP contribution in [0, 0.1) is 0 Å². The highest BCUT2D eigenvalue weighted by Gasteiger charge is 2.00. The fourth-order valence-electron chi connectivity index (χ4n) is 1.55. The normalized spacial score (nSPS) is 10.5. The van der Waals surface area contributed by atoms with Crippen LogP contribution in [0.2, 0.25) is 0 Å². The minimum absolute atomic E-state index is 0.0116. The van der Waals surface area contributed by atoms with Crippen molar-refractivity contribution in [3.8, 4) is 0 Å². The highest BCUT2D eigenvalue weighted by molar-refractivity contribution is 5.40. The van der Waals surface area contributed by atoms with E-state index in [4.69, 9.17) is 0 Å². The summed E-state index contributed by atoms with van der Waals surface area (Å²) >= 11 is 0. The minimum atomic E-state index is 0.0116. The molecule has 0 bridgehead atoms. The number of hydrogen-bond donors (Lipinski definition) is 1. The average molecular weight is 233 g/mol. The standard InChI is InChI=1S/C11H15N5O/c1-3-16-8-9(4-5-11(16)17)12-6-10-7-15(2)14-13-10/h4-5,7-8,12H,3,6H2,1-2H3. The Balaban J connectivity index is 2.06. The Morgan fingerprint density at radius 3 is 2.82 bits per heavy atom. The van der Waals surface area contributed by atoms with Gasteiger partial charge in [0, 0.05) is 32.1 Å². The Morgan fingerprint density at radius 1 is 1.35 bits per heavy atom. The van der Waals surface area contributed by atoms with Crippen molar-refractivity contribution >= 4 is 5.69 Å². The number of pyridine rings is 1. The van der Waals surface area contributed by atoms with Crippen LogP contribution in [-0.4, -0.2) is 19.6 Å². The fourth-order valence-corrected chi connectivity index (χ4v) is 1.55. The molecule has 2 aromatic rings. The van der Waals surface area contributed by atoms with Crippen LogP contribution in [0.25, 0.3) is 0 Å². The van der Waals surface area contributed by atoms with E-state index in [0.717, 1.165) is 11.4 Å². The number of rotatable bonds is 4. The summed E-state index contributed by atoms with van der Waals surface area (Å²) in [7, 11) is 1.83. The third-order valence-electron chi connectivity index (χ3n) is 2.45. The molecular weight excluding hydrogens is 218 g/mol. The number of nitrogens with one attached hydrogen (secondary N) is 1. The molecule has 2 rings (SSSR count). The lowest BCUT2D eigenvalue weighted by atomic mass is 10.3. The summed E-state index contributed by atoms with van der Waals surface area (Å²) in [4.78, 5) is 11.4. The molecule has 0 radical (unpaired) electrons. The monoisotopic (exact) mass is 233 g/mol.